The zero-order valence-electron chi connectivity index (χ0n) is 11.2. The van der Waals surface area contributed by atoms with Gasteiger partial charge in [-0.1, -0.05) is 12.1 Å². The molecule has 2 aromatic rings. The first kappa shape index (κ1) is 12.5. The van der Waals surface area contributed by atoms with E-state index in [-0.39, 0.29) is 5.91 Å². The second kappa shape index (κ2) is 4.85. The number of anilines is 2. The van der Waals surface area contributed by atoms with Crippen molar-refractivity contribution in [1.82, 2.24) is 4.98 Å². The van der Waals surface area contributed by atoms with Crippen LogP contribution in [-0.4, -0.2) is 24.5 Å². The van der Waals surface area contributed by atoms with Gasteiger partial charge in [0.25, 0.3) is 5.91 Å². The van der Waals surface area contributed by atoms with Crippen LogP contribution in [0.4, 0.5) is 11.6 Å². The van der Waals surface area contributed by atoms with E-state index >= 15 is 0 Å². The Bertz CT molecular complexity index is 670. The fourth-order valence-corrected chi connectivity index (χ4v) is 2.22. The Balaban J connectivity index is 1.88. The molecule has 1 aliphatic heterocycles. The van der Waals surface area contributed by atoms with Crippen molar-refractivity contribution in [2.75, 3.05) is 24.3 Å². The summed E-state index contributed by atoms with van der Waals surface area (Å²) < 4.78 is 5.49. The number of pyridine rings is 1. The van der Waals surface area contributed by atoms with Crippen LogP contribution in [0.25, 0.3) is 0 Å². The van der Waals surface area contributed by atoms with E-state index in [0.717, 1.165) is 17.7 Å². The van der Waals surface area contributed by atoms with Gasteiger partial charge in [-0.2, -0.15) is 0 Å². The molecule has 0 radical (unpaired) electrons. The minimum atomic E-state index is -0.138. The summed E-state index contributed by atoms with van der Waals surface area (Å²) in [6, 6.07) is 10.7. The van der Waals surface area contributed by atoms with Crippen LogP contribution in [0.15, 0.2) is 36.4 Å². The lowest BCUT2D eigenvalue weighted by Gasteiger charge is -2.16. The first-order chi connectivity index (χ1) is 9.65. The molecule has 0 aliphatic carbocycles. The lowest BCUT2D eigenvalue weighted by Crippen LogP contribution is -2.27. The number of rotatable bonds is 2. The van der Waals surface area contributed by atoms with Crippen LogP contribution < -0.4 is 15.4 Å². The second-order valence-corrected chi connectivity index (χ2v) is 4.71. The summed E-state index contributed by atoms with van der Waals surface area (Å²) in [5.41, 5.74) is 7.37. The number of ether oxygens (including phenoxy) is 1. The van der Waals surface area contributed by atoms with Crippen molar-refractivity contribution in [1.29, 1.82) is 0 Å². The third-order valence-electron chi connectivity index (χ3n) is 3.35. The summed E-state index contributed by atoms with van der Waals surface area (Å²) in [6.45, 7) is 0.680. The number of fused-ring (bicyclic) bond motifs is 1. The van der Waals surface area contributed by atoms with E-state index in [1.54, 1.807) is 31.3 Å². The highest BCUT2D eigenvalue weighted by Gasteiger charge is 2.18. The molecule has 1 aromatic carbocycles. The maximum atomic E-state index is 12.4. The summed E-state index contributed by atoms with van der Waals surface area (Å²) in [5, 5.41) is 0. The first-order valence-corrected chi connectivity index (χ1v) is 6.41. The van der Waals surface area contributed by atoms with Crippen LogP contribution in [0, 0.1) is 0 Å². The Hall–Kier alpha value is -2.56. The molecule has 2 N–H and O–H groups in total. The Morgan fingerprint density at radius 3 is 3.00 bits per heavy atom. The third-order valence-corrected chi connectivity index (χ3v) is 3.35. The summed E-state index contributed by atoms with van der Waals surface area (Å²) in [6.07, 6.45) is 0.899. The van der Waals surface area contributed by atoms with Gasteiger partial charge in [0, 0.05) is 19.0 Å². The molecule has 0 fully saturated rings. The average molecular weight is 269 g/mol. The van der Waals surface area contributed by atoms with Crippen LogP contribution in [0.3, 0.4) is 0 Å². The van der Waals surface area contributed by atoms with Gasteiger partial charge in [0.15, 0.2) is 0 Å². The highest BCUT2D eigenvalue weighted by molar-refractivity contribution is 6.05. The molecule has 3 rings (SSSR count). The predicted octanol–water partition coefficient (Wildman–Crippen LogP) is 1.88. The van der Waals surface area contributed by atoms with Gasteiger partial charge < -0.3 is 10.5 Å². The Kier molecular flexibility index (Phi) is 3.02. The summed E-state index contributed by atoms with van der Waals surface area (Å²) >= 11 is 0. The number of amides is 1. The molecule has 1 aromatic heterocycles. The Morgan fingerprint density at radius 1 is 1.35 bits per heavy atom. The van der Waals surface area contributed by atoms with Crippen LogP contribution in [0.5, 0.6) is 5.75 Å². The molecule has 102 valence electrons. The molecule has 0 bridgehead atoms. The van der Waals surface area contributed by atoms with Crippen molar-refractivity contribution in [3.63, 3.8) is 0 Å². The van der Waals surface area contributed by atoms with E-state index in [9.17, 15) is 4.79 Å². The highest BCUT2D eigenvalue weighted by atomic mass is 16.5. The summed E-state index contributed by atoms with van der Waals surface area (Å²) in [4.78, 5) is 18.1. The van der Waals surface area contributed by atoms with Crippen molar-refractivity contribution >= 4 is 17.5 Å². The molecule has 0 atom stereocenters. The predicted molar refractivity (Wildman–Crippen MR) is 77.0 cm³/mol. The minimum Gasteiger partial charge on any atom is -0.493 e. The maximum absolute atomic E-state index is 12.4. The van der Waals surface area contributed by atoms with Gasteiger partial charge in [-0.05, 0) is 29.8 Å². The number of carbonyl (C=O) groups is 1. The lowest BCUT2D eigenvalue weighted by atomic mass is 10.1. The van der Waals surface area contributed by atoms with Gasteiger partial charge in [-0.3, -0.25) is 9.69 Å². The van der Waals surface area contributed by atoms with E-state index in [4.69, 9.17) is 10.5 Å². The normalized spacial score (nSPS) is 12.7. The largest absolute Gasteiger partial charge is 0.493 e. The topological polar surface area (TPSA) is 68.5 Å². The fourth-order valence-electron chi connectivity index (χ4n) is 2.22. The molecule has 5 nitrogen and oxygen atoms in total. The number of aromatic nitrogens is 1. The van der Waals surface area contributed by atoms with Crippen molar-refractivity contribution < 1.29 is 9.53 Å². The van der Waals surface area contributed by atoms with Crippen molar-refractivity contribution in [2.24, 2.45) is 0 Å². The molecule has 0 unspecified atom stereocenters. The second-order valence-electron chi connectivity index (χ2n) is 4.71. The highest BCUT2D eigenvalue weighted by Crippen LogP contribution is 2.27. The van der Waals surface area contributed by atoms with Crippen molar-refractivity contribution in [2.45, 2.75) is 6.42 Å². The van der Waals surface area contributed by atoms with Gasteiger partial charge in [-0.15, -0.1) is 0 Å². The molecule has 5 heteroatoms. The molecular formula is C15H15N3O2. The van der Waals surface area contributed by atoms with E-state index in [0.29, 0.717) is 23.8 Å². The van der Waals surface area contributed by atoms with Gasteiger partial charge in [-0.25, -0.2) is 4.98 Å². The standard InChI is InChI=1S/C15H15N3O2/c1-18(14-4-2-3-13(16)17-14)15(19)11-6-5-10-7-8-20-12(10)9-11/h2-6,9H,7-8H2,1H3,(H2,16,17). The number of carbonyl (C=O) groups excluding carboxylic acids is 1. The lowest BCUT2D eigenvalue weighted by molar-refractivity contribution is 0.0992. The monoisotopic (exact) mass is 269 g/mol. The number of nitrogen functional groups attached to an aromatic ring is 1. The molecule has 0 spiro atoms. The van der Waals surface area contributed by atoms with Crippen LogP contribution >= 0.6 is 0 Å². The Morgan fingerprint density at radius 2 is 2.20 bits per heavy atom. The molecule has 1 aliphatic rings. The van der Waals surface area contributed by atoms with Gasteiger partial charge >= 0.3 is 0 Å². The summed E-state index contributed by atoms with van der Waals surface area (Å²) in [7, 11) is 1.68. The number of benzene rings is 1. The number of hydrogen-bond donors (Lipinski definition) is 1. The number of hydrogen-bond acceptors (Lipinski definition) is 4. The molecule has 0 saturated carbocycles. The van der Waals surface area contributed by atoms with Gasteiger partial charge in [0.1, 0.15) is 17.4 Å². The van der Waals surface area contributed by atoms with Gasteiger partial charge in [0.2, 0.25) is 0 Å². The fraction of sp³-hybridized carbons (Fsp3) is 0.200. The van der Waals surface area contributed by atoms with Crippen LogP contribution in [0.2, 0.25) is 0 Å². The van der Waals surface area contributed by atoms with E-state index in [2.05, 4.69) is 4.98 Å². The van der Waals surface area contributed by atoms with Crippen LogP contribution in [-0.2, 0) is 6.42 Å². The molecule has 20 heavy (non-hydrogen) atoms. The molecular weight excluding hydrogens is 254 g/mol. The Labute approximate surface area is 117 Å². The summed E-state index contributed by atoms with van der Waals surface area (Å²) in [5.74, 6) is 1.57. The average Bonchev–Trinajstić information content (AvgIpc) is 2.93. The zero-order valence-corrected chi connectivity index (χ0v) is 11.2. The zero-order chi connectivity index (χ0) is 14.1. The quantitative estimate of drug-likeness (QED) is 0.903. The maximum Gasteiger partial charge on any atom is 0.259 e. The number of nitrogens with zero attached hydrogens (tertiary/aromatic N) is 2. The van der Waals surface area contributed by atoms with E-state index in [1.807, 2.05) is 12.1 Å². The molecule has 2 heterocycles. The van der Waals surface area contributed by atoms with Crippen molar-refractivity contribution in [3.05, 3.63) is 47.5 Å². The van der Waals surface area contributed by atoms with Crippen LogP contribution in [0.1, 0.15) is 15.9 Å². The van der Waals surface area contributed by atoms with E-state index in [1.165, 1.54) is 4.90 Å². The SMILES string of the molecule is CN(C(=O)c1ccc2c(c1)OCC2)c1cccc(N)n1. The first-order valence-electron chi connectivity index (χ1n) is 6.41. The third kappa shape index (κ3) is 2.18. The minimum absolute atomic E-state index is 0.138. The molecule has 1 amide bonds. The number of nitrogens with two attached hydrogens (primary N) is 1. The van der Waals surface area contributed by atoms with Crippen molar-refractivity contribution in [3.8, 4) is 5.75 Å². The molecule has 0 saturated heterocycles. The van der Waals surface area contributed by atoms with E-state index < -0.39 is 0 Å². The van der Waals surface area contributed by atoms with Gasteiger partial charge in [0.05, 0.1) is 6.61 Å². The smallest absolute Gasteiger partial charge is 0.259 e.